The van der Waals surface area contributed by atoms with Crippen molar-refractivity contribution in [3.63, 3.8) is 0 Å². The average molecular weight is 360 g/mol. The lowest BCUT2D eigenvalue weighted by atomic mass is 10.3. The van der Waals surface area contributed by atoms with Gasteiger partial charge in [-0.05, 0) is 59.0 Å². The van der Waals surface area contributed by atoms with Crippen LogP contribution in [-0.4, -0.2) is 13.4 Å². The fourth-order valence-electron chi connectivity index (χ4n) is 1.23. The summed E-state index contributed by atoms with van der Waals surface area (Å²) in [5.41, 5.74) is 0.524. The number of benzene rings is 1. The highest BCUT2D eigenvalue weighted by Gasteiger charge is 2.14. The van der Waals surface area contributed by atoms with Crippen molar-refractivity contribution in [2.45, 2.75) is 5.03 Å². The normalized spacial score (nSPS) is 11.1. The molecule has 1 aromatic heterocycles. The molecule has 1 N–H and O–H groups in total. The zero-order valence-electron chi connectivity index (χ0n) is 8.67. The van der Waals surface area contributed by atoms with E-state index in [0.29, 0.717) is 5.69 Å². The molecule has 88 valence electrons. The van der Waals surface area contributed by atoms with Crippen molar-refractivity contribution in [2.24, 2.45) is 0 Å². The number of anilines is 1. The number of nitrogens with one attached hydrogen (secondary N) is 1. The molecule has 2 aromatic rings. The van der Waals surface area contributed by atoms with Gasteiger partial charge in [0, 0.05) is 15.5 Å². The minimum Gasteiger partial charge on any atom is -0.278 e. The molecule has 0 spiro atoms. The van der Waals surface area contributed by atoms with Gasteiger partial charge in [0.25, 0.3) is 10.0 Å². The molecule has 2 rings (SSSR count). The third-order valence-electron chi connectivity index (χ3n) is 2.01. The van der Waals surface area contributed by atoms with Gasteiger partial charge in [0.05, 0.1) is 0 Å². The summed E-state index contributed by atoms with van der Waals surface area (Å²) >= 11 is 2.16. The Kier molecular flexibility index (Phi) is 3.63. The van der Waals surface area contributed by atoms with Crippen LogP contribution >= 0.6 is 22.6 Å². The molecule has 0 saturated heterocycles. The summed E-state index contributed by atoms with van der Waals surface area (Å²) < 4.78 is 27.3. The van der Waals surface area contributed by atoms with Crippen LogP contribution in [0.4, 0.5) is 5.69 Å². The second-order valence-electron chi connectivity index (χ2n) is 3.28. The van der Waals surface area contributed by atoms with E-state index >= 15 is 0 Å². The molecule has 0 saturated carbocycles. The summed E-state index contributed by atoms with van der Waals surface area (Å²) in [6.45, 7) is 0. The van der Waals surface area contributed by atoms with Gasteiger partial charge >= 0.3 is 0 Å². The monoisotopic (exact) mass is 360 g/mol. The second kappa shape index (κ2) is 5.01. The number of halogens is 1. The maximum atomic E-state index is 11.9. The summed E-state index contributed by atoms with van der Waals surface area (Å²) in [5, 5.41) is 0.0125. The van der Waals surface area contributed by atoms with Gasteiger partial charge in [-0.3, -0.25) is 4.72 Å². The van der Waals surface area contributed by atoms with Crippen LogP contribution in [0.25, 0.3) is 0 Å². The molecule has 17 heavy (non-hydrogen) atoms. The van der Waals surface area contributed by atoms with Crippen molar-refractivity contribution >= 4 is 38.3 Å². The Morgan fingerprint density at radius 1 is 1.06 bits per heavy atom. The largest absolute Gasteiger partial charge is 0.279 e. The molecule has 0 atom stereocenters. The second-order valence-corrected chi connectivity index (χ2v) is 6.16. The summed E-state index contributed by atoms with van der Waals surface area (Å²) in [6.07, 6.45) is 1.45. The van der Waals surface area contributed by atoms with Crippen LogP contribution in [-0.2, 0) is 10.0 Å². The molecule has 0 bridgehead atoms. The van der Waals surface area contributed by atoms with Gasteiger partial charge in [0.15, 0.2) is 5.03 Å². The topological polar surface area (TPSA) is 59.1 Å². The molecule has 0 aliphatic rings. The molecule has 1 aromatic carbocycles. The SMILES string of the molecule is O=S(=O)(Nc1ccc(I)cc1)c1ccccn1. The third kappa shape index (κ3) is 3.16. The first-order chi connectivity index (χ1) is 8.08. The zero-order valence-corrected chi connectivity index (χ0v) is 11.6. The Bertz CT molecular complexity index is 597. The predicted octanol–water partition coefficient (Wildman–Crippen LogP) is 2.49. The summed E-state index contributed by atoms with van der Waals surface area (Å²) in [7, 11) is -3.59. The Labute approximate surface area is 113 Å². The van der Waals surface area contributed by atoms with Crippen LogP contribution in [0.5, 0.6) is 0 Å². The van der Waals surface area contributed by atoms with E-state index in [4.69, 9.17) is 0 Å². The first kappa shape index (κ1) is 12.3. The summed E-state index contributed by atoms with van der Waals surface area (Å²) in [6, 6.07) is 11.8. The number of hydrogen-bond acceptors (Lipinski definition) is 3. The smallest absolute Gasteiger partial charge is 0.278 e. The van der Waals surface area contributed by atoms with E-state index in [0.717, 1.165) is 3.57 Å². The molecule has 0 unspecified atom stereocenters. The fourth-order valence-corrected chi connectivity index (χ4v) is 2.60. The summed E-state index contributed by atoms with van der Waals surface area (Å²) in [4.78, 5) is 3.81. The van der Waals surface area contributed by atoms with Crippen molar-refractivity contribution in [3.05, 3.63) is 52.2 Å². The van der Waals surface area contributed by atoms with E-state index in [9.17, 15) is 8.42 Å². The van der Waals surface area contributed by atoms with Crippen molar-refractivity contribution in [1.29, 1.82) is 0 Å². The maximum absolute atomic E-state index is 11.9. The van der Waals surface area contributed by atoms with E-state index in [-0.39, 0.29) is 5.03 Å². The molecule has 1 heterocycles. The lowest BCUT2D eigenvalue weighted by Crippen LogP contribution is -2.14. The zero-order chi connectivity index (χ0) is 12.3. The van der Waals surface area contributed by atoms with Gasteiger partial charge in [-0.25, -0.2) is 4.98 Å². The summed E-state index contributed by atoms with van der Waals surface area (Å²) in [5.74, 6) is 0. The number of nitrogens with zero attached hydrogens (tertiary/aromatic N) is 1. The lowest BCUT2D eigenvalue weighted by Gasteiger charge is -2.06. The first-order valence-corrected chi connectivity index (χ1v) is 7.33. The highest BCUT2D eigenvalue weighted by Crippen LogP contribution is 2.15. The molecule has 0 aliphatic carbocycles. The molecule has 4 nitrogen and oxygen atoms in total. The van der Waals surface area contributed by atoms with Gasteiger partial charge in [-0.2, -0.15) is 8.42 Å². The van der Waals surface area contributed by atoms with E-state index in [2.05, 4.69) is 32.3 Å². The van der Waals surface area contributed by atoms with Crippen LogP contribution < -0.4 is 4.72 Å². The molecular formula is C11H9IN2O2S. The average Bonchev–Trinajstić information content (AvgIpc) is 2.33. The molecule has 0 aliphatic heterocycles. The van der Waals surface area contributed by atoms with Crippen LogP contribution in [0.2, 0.25) is 0 Å². The Morgan fingerprint density at radius 3 is 2.35 bits per heavy atom. The Morgan fingerprint density at radius 2 is 1.76 bits per heavy atom. The molecule has 0 amide bonds. The van der Waals surface area contributed by atoms with E-state index in [1.165, 1.54) is 12.3 Å². The van der Waals surface area contributed by atoms with Crippen LogP contribution in [0.3, 0.4) is 0 Å². The number of sulfonamides is 1. The first-order valence-electron chi connectivity index (χ1n) is 4.77. The number of aromatic nitrogens is 1. The quantitative estimate of drug-likeness (QED) is 0.856. The number of pyridine rings is 1. The van der Waals surface area contributed by atoms with Crippen LogP contribution in [0.15, 0.2) is 53.7 Å². The molecule has 0 radical (unpaired) electrons. The van der Waals surface area contributed by atoms with E-state index in [1.807, 2.05) is 12.1 Å². The maximum Gasteiger partial charge on any atom is 0.279 e. The Balaban J connectivity index is 2.27. The molecular weight excluding hydrogens is 351 g/mol. The van der Waals surface area contributed by atoms with Gasteiger partial charge in [-0.15, -0.1) is 0 Å². The number of hydrogen-bond donors (Lipinski definition) is 1. The van der Waals surface area contributed by atoms with Gasteiger partial charge < -0.3 is 0 Å². The van der Waals surface area contributed by atoms with Crippen molar-refractivity contribution in [2.75, 3.05) is 4.72 Å². The lowest BCUT2D eigenvalue weighted by molar-refractivity contribution is 0.597. The highest BCUT2D eigenvalue weighted by atomic mass is 127. The van der Waals surface area contributed by atoms with Crippen molar-refractivity contribution in [3.8, 4) is 0 Å². The van der Waals surface area contributed by atoms with Crippen molar-refractivity contribution < 1.29 is 8.42 Å². The molecule has 0 fully saturated rings. The fraction of sp³-hybridized carbons (Fsp3) is 0. The van der Waals surface area contributed by atoms with Crippen LogP contribution in [0.1, 0.15) is 0 Å². The highest BCUT2D eigenvalue weighted by molar-refractivity contribution is 14.1. The number of rotatable bonds is 3. The standard InChI is InChI=1S/C11H9IN2O2S/c12-9-4-6-10(7-5-9)14-17(15,16)11-3-1-2-8-13-11/h1-8,14H. The Hall–Kier alpha value is -1.15. The van der Waals surface area contributed by atoms with E-state index < -0.39 is 10.0 Å². The van der Waals surface area contributed by atoms with E-state index in [1.54, 1.807) is 24.3 Å². The third-order valence-corrected chi connectivity index (χ3v) is 4.03. The molecule has 6 heteroatoms. The predicted molar refractivity (Wildman–Crippen MR) is 74.2 cm³/mol. The van der Waals surface area contributed by atoms with Gasteiger partial charge in [-0.1, -0.05) is 6.07 Å². The van der Waals surface area contributed by atoms with Gasteiger partial charge in [0.2, 0.25) is 0 Å². The minimum atomic E-state index is -3.59. The van der Waals surface area contributed by atoms with Crippen molar-refractivity contribution in [1.82, 2.24) is 4.98 Å². The minimum absolute atomic E-state index is 0.0125. The van der Waals surface area contributed by atoms with Gasteiger partial charge in [0.1, 0.15) is 0 Å². The van der Waals surface area contributed by atoms with Crippen LogP contribution in [0, 0.1) is 3.57 Å².